The predicted octanol–water partition coefficient (Wildman–Crippen LogP) is 3.96. The number of nitrogens with zero attached hydrogens (tertiary/aromatic N) is 2. The molecule has 20 heavy (non-hydrogen) atoms. The number of nitrogens with one attached hydrogen (secondary N) is 1. The molecule has 1 aromatic heterocycles. The third-order valence-corrected chi connectivity index (χ3v) is 3.59. The molecule has 0 spiro atoms. The highest BCUT2D eigenvalue weighted by Crippen LogP contribution is 2.26. The van der Waals surface area contributed by atoms with Gasteiger partial charge in [-0.25, -0.2) is 9.97 Å². The lowest BCUT2D eigenvalue weighted by Gasteiger charge is -2.09. The summed E-state index contributed by atoms with van der Waals surface area (Å²) in [5, 5.41) is 3.40. The number of hydrogen-bond acceptors (Lipinski definition) is 3. The van der Waals surface area contributed by atoms with Gasteiger partial charge in [-0.15, -0.1) is 0 Å². The van der Waals surface area contributed by atoms with Crippen molar-refractivity contribution in [2.24, 2.45) is 5.92 Å². The van der Waals surface area contributed by atoms with Gasteiger partial charge in [-0.05, 0) is 43.1 Å². The number of halogens is 1. The molecule has 2 rings (SSSR count). The fourth-order valence-electron chi connectivity index (χ4n) is 1.91. The number of benzene rings is 1. The van der Waals surface area contributed by atoms with Gasteiger partial charge in [-0.3, -0.25) is 0 Å². The van der Waals surface area contributed by atoms with Crippen LogP contribution in [0.3, 0.4) is 0 Å². The molecule has 0 saturated carbocycles. The zero-order valence-corrected chi connectivity index (χ0v) is 13.7. The quantitative estimate of drug-likeness (QED) is 0.899. The summed E-state index contributed by atoms with van der Waals surface area (Å²) < 4.78 is 1.03. The molecule has 3 nitrogen and oxygen atoms in total. The third-order valence-electron chi connectivity index (χ3n) is 2.94. The topological polar surface area (TPSA) is 37.8 Å². The molecule has 1 aromatic carbocycles. The van der Waals surface area contributed by atoms with E-state index in [-0.39, 0.29) is 0 Å². The summed E-state index contributed by atoms with van der Waals surface area (Å²) in [7, 11) is 0. The van der Waals surface area contributed by atoms with E-state index in [1.54, 1.807) is 0 Å². The van der Waals surface area contributed by atoms with Crippen LogP contribution in [0.25, 0.3) is 11.4 Å². The smallest absolute Gasteiger partial charge is 0.160 e. The molecule has 0 atom stereocenters. The van der Waals surface area contributed by atoms with Gasteiger partial charge in [0.15, 0.2) is 5.82 Å². The van der Waals surface area contributed by atoms with Crippen LogP contribution in [0.15, 0.2) is 34.9 Å². The van der Waals surface area contributed by atoms with Gasteiger partial charge in [0.05, 0.1) is 5.69 Å². The van der Waals surface area contributed by atoms with Crippen LogP contribution in [0.2, 0.25) is 0 Å². The number of aromatic nitrogens is 2. The van der Waals surface area contributed by atoms with Crippen LogP contribution < -0.4 is 5.32 Å². The normalized spacial score (nSPS) is 11.1. The summed E-state index contributed by atoms with van der Waals surface area (Å²) in [6.07, 6.45) is 1.82. The molecule has 106 valence electrons. The molecule has 0 amide bonds. The Kier molecular flexibility index (Phi) is 5.26. The fraction of sp³-hybridized carbons (Fsp3) is 0.375. The molecule has 0 radical (unpaired) electrons. The van der Waals surface area contributed by atoms with Crippen LogP contribution in [0, 0.1) is 12.8 Å². The number of aryl methyl sites for hydroxylation is 1. The molecule has 0 fully saturated rings. The van der Waals surface area contributed by atoms with Crippen LogP contribution in [-0.2, 0) is 6.54 Å². The Morgan fingerprint density at radius 2 is 2.05 bits per heavy atom. The first kappa shape index (κ1) is 15.1. The Morgan fingerprint density at radius 3 is 2.75 bits per heavy atom. The van der Waals surface area contributed by atoms with Crippen molar-refractivity contribution in [2.45, 2.75) is 27.3 Å². The van der Waals surface area contributed by atoms with E-state index in [4.69, 9.17) is 0 Å². The van der Waals surface area contributed by atoms with E-state index in [9.17, 15) is 0 Å². The van der Waals surface area contributed by atoms with Crippen molar-refractivity contribution < 1.29 is 0 Å². The summed E-state index contributed by atoms with van der Waals surface area (Å²) in [5.74, 6) is 1.41. The maximum absolute atomic E-state index is 4.63. The van der Waals surface area contributed by atoms with Crippen molar-refractivity contribution >= 4 is 15.9 Å². The van der Waals surface area contributed by atoms with E-state index in [0.717, 1.165) is 34.6 Å². The summed E-state index contributed by atoms with van der Waals surface area (Å²) in [6.45, 7) is 8.23. The minimum Gasteiger partial charge on any atom is -0.311 e. The van der Waals surface area contributed by atoms with Gasteiger partial charge in [0.25, 0.3) is 0 Å². The van der Waals surface area contributed by atoms with Crippen molar-refractivity contribution in [3.63, 3.8) is 0 Å². The maximum atomic E-state index is 4.63. The standard InChI is InChI=1S/C16H20BrN3/c1-11(2)9-18-10-13-6-7-19-16(20-13)14-5-4-12(3)8-15(14)17/h4-8,11,18H,9-10H2,1-3H3. The summed E-state index contributed by atoms with van der Waals surface area (Å²) in [6, 6.07) is 8.18. The maximum Gasteiger partial charge on any atom is 0.160 e. The molecule has 0 saturated heterocycles. The molecule has 2 aromatic rings. The highest BCUT2D eigenvalue weighted by molar-refractivity contribution is 9.10. The van der Waals surface area contributed by atoms with Crippen LogP contribution >= 0.6 is 15.9 Å². The summed E-state index contributed by atoms with van der Waals surface area (Å²) >= 11 is 3.58. The molecule has 1 N–H and O–H groups in total. The Bertz CT molecular complexity index is 582. The molecule has 0 aliphatic rings. The fourth-order valence-corrected chi connectivity index (χ4v) is 2.59. The average Bonchev–Trinajstić information content (AvgIpc) is 2.38. The Morgan fingerprint density at radius 1 is 1.25 bits per heavy atom. The summed E-state index contributed by atoms with van der Waals surface area (Å²) in [4.78, 5) is 9.00. The lowest BCUT2D eigenvalue weighted by atomic mass is 10.1. The molecule has 4 heteroatoms. The third kappa shape index (κ3) is 4.12. The van der Waals surface area contributed by atoms with Crippen molar-refractivity contribution in [3.05, 3.63) is 46.2 Å². The molecular weight excluding hydrogens is 314 g/mol. The number of hydrogen-bond donors (Lipinski definition) is 1. The lowest BCUT2D eigenvalue weighted by molar-refractivity contribution is 0.548. The molecular formula is C16H20BrN3. The van der Waals surface area contributed by atoms with Gasteiger partial charge in [-0.2, -0.15) is 0 Å². The number of rotatable bonds is 5. The second-order valence-corrected chi connectivity index (χ2v) is 6.23. The summed E-state index contributed by atoms with van der Waals surface area (Å²) in [5.41, 5.74) is 3.26. The largest absolute Gasteiger partial charge is 0.311 e. The Balaban J connectivity index is 2.16. The van der Waals surface area contributed by atoms with Gasteiger partial charge >= 0.3 is 0 Å². The first-order chi connectivity index (χ1) is 9.56. The van der Waals surface area contributed by atoms with Gasteiger partial charge < -0.3 is 5.32 Å². The van der Waals surface area contributed by atoms with Crippen LogP contribution in [0.1, 0.15) is 25.1 Å². The van der Waals surface area contributed by atoms with Gasteiger partial charge in [0.1, 0.15) is 0 Å². The zero-order valence-electron chi connectivity index (χ0n) is 12.2. The zero-order chi connectivity index (χ0) is 14.5. The molecule has 0 unspecified atom stereocenters. The predicted molar refractivity (Wildman–Crippen MR) is 86.4 cm³/mol. The van der Waals surface area contributed by atoms with Crippen molar-refractivity contribution in [1.82, 2.24) is 15.3 Å². The first-order valence-corrected chi connectivity index (χ1v) is 7.64. The molecule has 1 heterocycles. The Hall–Kier alpha value is -1.26. The monoisotopic (exact) mass is 333 g/mol. The highest BCUT2D eigenvalue weighted by atomic mass is 79.9. The average molecular weight is 334 g/mol. The highest BCUT2D eigenvalue weighted by Gasteiger charge is 2.07. The van der Waals surface area contributed by atoms with Crippen LogP contribution in [-0.4, -0.2) is 16.5 Å². The van der Waals surface area contributed by atoms with E-state index < -0.39 is 0 Å². The van der Waals surface area contributed by atoms with Crippen LogP contribution in [0.4, 0.5) is 0 Å². The van der Waals surface area contributed by atoms with E-state index in [0.29, 0.717) is 5.92 Å². The van der Waals surface area contributed by atoms with E-state index in [1.165, 1.54) is 5.56 Å². The molecule has 0 aliphatic carbocycles. The van der Waals surface area contributed by atoms with Gasteiger partial charge in [0.2, 0.25) is 0 Å². The second kappa shape index (κ2) is 6.95. The lowest BCUT2D eigenvalue weighted by Crippen LogP contribution is -2.19. The van der Waals surface area contributed by atoms with Gasteiger partial charge in [0, 0.05) is 22.8 Å². The van der Waals surface area contributed by atoms with E-state index in [2.05, 4.69) is 70.2 Å². The van der Waals surface area contributed by atoms with Crippen molar-refractivity contribution in [1.29, 1.82) is 0 Å². The van der Waals surface area contributed by atoms with Crippen molar-refractivity contribution in [2.75, 3.05) is 6.54 Å². The minimum absolute atomic E-state index is 0.641. The van der Waals surface area contributed by atoms with Gasteiger partial charge in [-0.1, -0.05) is 35.8 Å². The minimum atomic E-state index is 0.641. The second-order valence-electron chi connectivity index (χ2n) is 5.38. The van der Waals surface area contributed by atoms with E-state index in [1.807, 2.05) is 12.3 Å². The first-order valence-electron chi connectivity index (χ1n) is 6.85. The Labute approximate surface area is 129 Å². The van der Waals surface area contributed by atoms with E-state index >= 15 is 0 Å². The van der Waals surface area contributed by atoms with Crippen LogP contribution in [0.5, 0.6) is 0 Å². The SMILES string of the molecule is Cc1ccc(-c2nccc(CNCC(C)C)n2)c(Br)c1. The molecule has 0 aliphatic heterocycles. The van der Waals surface area contributed by atoms with Crippen molar-refractivity contribution in [3.8, 4) is 11.4 Å². The molecule has 0 bridgehead atoms.